The van der Waals surface area contributed by atoms with Gasteiger partial charge in [0.25, 0.3) is 5.91 Å². The van der Waals surface area contributed by atoms with E-state index in [4.69, 9.17) is 4.74 Å². The molecule has 0 spiro atoms. The van der Waals surface area contributed by atoms with Crippen molar-refractivity contribution in [2.75, 3.05) is 16.8 Å². The van der Waals surface area contributed by atoms with Crippen LogP contribution in [0.15, 0.2) is 48.5 Å². The Bertz CT molecular complexity index is 1170. The van der Waals surface area contributed by atoms with Gasteiger partial charge in [-0.15, -0.1) is 0 Å². The van der Waals surface area contributed by atoms with Crippen molar-refractivity contribution in [2.45, 2.75) is 33.1 Å². The highest BCUT2D eigenvalue weighted by atomic mass is 16.5. The Labute approximate surface area is 197 Å². The number of carbonyl (C=O) groups is 5. The number of benzene rings is 2. The summed E-state index contributed by atoms with van der Waals surface area (Å²) in [7, 11) is 0. The maximum absolute atomic E-state index is 12.9. The standard InChI is InChI=1S/C26H26N2O6/c1-15-9-10-21-22(11-15)25(32)28(24(21)31)20-8-4-6-18(13-20)26(33)34-14-23(30)27-19-7-3-5-17(12-19)16(2)29/h3-8,12-13,15,21-22H,9-11,14H2,1-2H3,(H,27,30)/t15-,21-,22+/m1/s1. The molecule has 34 heavy (non-hydrogen) atoms. The van der Waals surface area contributed by atoms with E-state index in [1.807, 2.05) is 0 Å². The van der Waals surface area contributed by atoms with Crippen LogP contribution in [0.5, 0.6) is 0 Å². The number of fused-ring (bicyclic) bond motifs is 1. The van der Waals surface area contributed by atoms with Gasteiger partial charge < -0.3 is 10.1 Å². The van der Waals surface area contributed by atoms with Gasteiger partial charge in [-0.2, -0.15) is 0 Å². The molecule has 2 fully saturated rings. The molecule has 0 radical (unpaired) electrons. The maximum atomic E-state index is 12.9. The van der Waals surface area contributed by atoms with Crippen molar-refractivity contribution in [2.24, 2.45) is 17.8 Å². The zero-order chi connectivity index (χ0) is 24.4. The largest absolute Gasteiger partial charge is 0.452 e. The topological polar surface area (TPSA) is 110 Å². The third-order valence-corrected chi connectivity index (χ3v) is 6.41. The number of amides is 3. The van der Waals surface area contributed by atoms with Crippen molar-refractivity contribution in [1.82, 2.24) is 0 Å². The molecule has 8 heteroatoms. The molecule has 1 saturated heterocycles. The highest BCUT2D eigenvalue weighted by molar-refractivity contribution is 6.22. The minimum Gasteiger partial charge on any atom is -0.452 e. The minimum absolute atomic E-state index is 0.132. The van der Waals surface area contributed by atoms with Gasteiger partial charge in [0.2, 0.25) is 11.8 Å². The molecule has 2 aromatic carbocycles. The van der Waals surface area contributed by atoms with Crippen molar-refractivity contribution in [3.63, 3.8) is 0 Å². The molecule has 1 heterocycles. The van der Waals surface area contributed by atoms with E-state index in [-0.39, 0.29) is 35.0 Å². The summed E-state index contributed by atoms with van der Waals surface area (Å²) in [5, 5.41) is 2.58. The Kier molecular flexibility index (Phi) is 6.58. The summed E-state index contributed by atoms with van der Waals surface area (Å²) in [5.74, 6) is -2.10. The smallest absolute Gasteiger partial charge is 0.338 e. The Morgan fingerprint density at radius 1 is 0.971 bits per heavy atom. The molecule has 0 bridgehead atoms. The lowest BCUT2D eigenvalue weighted by molar-refractivity contribution is -0.122. The van der Waals surface area contributed by atoms with Gasteiger partial charge in [-0.3, -0.25) is 24.1 Å². The first kappa shape index (κ1) is 23.4. The lowest BCUT2D eigenvalue weighted by Gasteiger charge is -2.25. The number of nitrogens with one attached hydrogen (secondary N) is 1. The second kappa shape index (κ2) is 9.59. The van der Waals surface area contributed by atoms with E-state index < -0.39 is 18.5 Å². The molecule has 2 aliphatic rings. The summed E-state index contributed by atoms with van der Waals surface area (Å²) < 4.78 is 5.11. The number of ether oxygens (including phenoxy) is 1. The number of rotatable bonds is 6. The first-order valence-corrected chi connectivity index (χ1v) is 11.3. The van der Waals surface area contributed by atoms with Gasteiger partial charge in [0, 0.05) is 11.3 Å². The second-order valence-electron chi connectivity index (χ2n) is 8.95. The van der Waals surface area contributed by atoms with Crippen LogP contribution in [0, 0.1) is 17.8 Å². The van der Waals surface area contributed by atoms with Gasteiger partial charge in [0.05, 0.1) is 23.1 Å². The number of Topliss-reactive ketones (excluding diaryl/α,β-unsaturated/α-hetero) is 1. The zero-order valence-corrected chi connectivity index (χ0v) is 19.1. The molecule has 0 aromatic heterocycles. The molecular weight excluding hydrogens is 436 g/mol. The third kappa shape index (κ3) is 4.76. The molecule has 3 amide bonds. The SMILES string of the molecule is CC(=O)c1cccc(NC(=O)COC(=O)c2cccc(N3C(=O)[C@H]4C[C@H](C)CC[C@H]4C3=O)c2)c1. The Morgan fingerprint density at radius 3 is 2.44 bits per heavy atom. The van der Waals surface area contributed by atoms with Crippen molar-refractivity contribution >= 4 is 40.8 Å². The molecule has 1 saturated carbocycles. The molecule has 8 nitrogen and oxygen atoms in total. The normalized spacial score (nSPS) is 21.7. The molecule has 1 N–H and O–H groups in total. The molecule has 2 aromatic rings. The fraction of sp³-hybridized carbons (Fsp3) is 0.346. The van der Waals surface area contributed by atoms with E-state index in [2.05, 4.69) is 12.2 Å². The van der Waals surface area contributed by atoms with Gasteiger partial charge in [-0.25, -0.2) is 4.79 Å². The van der Waals surface area contributed by atoms with E-state index in [0.717, 1.165) is 6.42 Å². The molecule has 0 unspecified atom stereocenters. The molecule has 1 aliphatic carbocycles. The molecule has 3 atom stereocenters. The quantitative estimate of drug-likeness (QED) is 0.399. The fourth-order valence-electron chi connectivity index (χ4n) is 4.64. The van der Waals surface area contributed by atoms with Gasteiger partial charge in [0.15, 0.2) is 12.4 Å². The van der Waals surface area contributed by atoms with Gasteiger partial charge in [-0.05, 0) is 62.4 Å². The average Bonchev–Trinajstić information content (AvgIpc) is 3.06. The zero-order valence-electron chi connectivity index (χ0n) is 19.1. The molecule has 4 rings (SSSR count). The van der Waals surface area contributed by atoms with Crippen LogP contribution in [0.3, 0.4) is 0 Å². The van der Waals surface area contributed by atoms with Crippen LogP contribution in [0.25, 0.3) is 0 Å². The van der Waals surface area contributed by atoms with Gasteiger partial charge in [0.1, 0.15) is 0 Å². The van der Waals surface area contributed by atoms with Crippen molar-refractivity contribution in [1.29, 1.82) is 0 Å². The van der Waals surface area contributed by atoms with Crippen LogP contribution in [0.1, 0.15) is 53.8 Å². The monoisotopic (exact) mass is 462 g/mol. The van der Waals surface area contributed by atoms with Crippen LogP contribution >= 0.6 is 0 Å². The number of hydrogen-bond acceptors (Lipinski definition) is 6. The predicted octanol–water partition coefficient (Wildman–Crippen LogP) is 3.61. The number of carbonyl (C=O) groups excluding carboxylic acids is 5. The van der Waals surface area contributed by atoms with Crippen molar-refractivity contribution in [3.05, 3.63) is 59.7 Å². The lowest BCUT2D eigenvalue weighted by atomic mass is 9.76. The minimum atomic E-state index is -0.750. The second-order valence-corrected chi connectivity index (χ2v) is 8.95. The van der Waals surface area contributed by atoms with E-state index >= 15 is 0 Å². The van der Waals surface area contributed by atoms with E-state index in [1.165, 1.54) is 30.0 Å². The van der Waals surface area contributed by atoms with Gasteiger partial charge in [-0.1, -0.05) is 25.1 Å². The number of ketones is 1. The van der Waals surface area contributed by atoms with Crippen molar-refractivity contribution in [3.8, 4) is 0 Å². The van der Waals surface area contributed by atoms with Crippen LogP contribution in [0.4, 0.5) is 11.4 Å². The fourth-order valence-corrected chi connectivity index (χ4v) is 4.64. The van der Waals surface area contributed by atoms with Crippen LogP contribution in [-0.4, -0.2) is 36.1 Å². The Hall–Kier alpha value is -3.81. The lowest BCUT2D eigenvalue weighted by Crippen LogP contribution is -2.31. The predicted molar refractivity (Wildman–Crippen MR) is 124 cm³/mol. The first-order valence-electron chi connectivity index (χ1n) is 11.3. The Morgan fingerprint density at radius 2 is 1.68 bits per heavy atom. The highest BCUT2D eigenvalue weighted by Gasteiger charge is 2.50. The molecular formula is C26H26N2O6. The van der Waals surface area contributed by atoms with Gasteiger partial charge >= 0.3 is 5.97 Å². The summed E-state index contributed by atoms with van der Waals surface area (Å²) in [6.07, 6.45) is 2.30. The number of anilines is 2. The number of nitrogens with zero attached hydrogens (tertiary/aromatic N) is 1. The van der Waals surface area contributed by atoms with E-state index in [9.17, 15) is 24.0 Å². The summed E-state index contributed by atoms with van der Waals surface area (Å²) in [6.45, 7) is 2.98. The average molecular weight is 463 g/mol. The van der Waals surface area contributed by atoms with Crippen LogP contribution in [0.2, 0.25) is 0 Å². The summed E-state index contributed by atoms with van der Waals surface area (Å²) >= 11 is 0. The highest BCUT2D eigenvalue weighted by Crippen LogP contribution is 2.42. The molecule has 1 aliphatic heterocycles. The number of imide groups is 1. The van der Waals surface area contributed by atoms with Crippen LogP contribution in [-0.2, 0) is 19.1 Å². The van der Waals surface area contributed by atoms with E-state index in [0.29, 0.717) is 35.7 Å². The summed E-state index contributed by atoms with van der Waals surface area (Å²) in [5.41, 5.74) is 1.33. The summed E-state index contributed by atoms with van der Waals surface area (Å²) in [6, 6.07) is 12.6. The first-order chi connectivity index (χ1) is 16.2. The maximum Gasteiger partial charge on any atom is 0.338 e. The third-order valence-electron chi connectivity index (χ3n) is 6.41. The Balaban J connectivity index is 1.40. The molecule has 176 valence electrons. The van der Waals surface area contributed by atoms with Crippen LogP contribution < -0.4 is 10.2 Å². The van der Waals surface area contributed by atoms with Crippen molar-refractivity contribution < 1.29 is 28.7 Å². The number of hydrogen-bond donors (Lipinski definition) is 1. The number of esters is 1. The summed E-state index contributed by atoms with van der Waals surface area (Å²) in [4.78, 5) is 63.2. The van der Waals surface area contributed by atoms with E-state index in [1.54, 1.807) is 30.3 Å².